The van der Waals surface area contributed by atoms with Crippen LogP contribution in [-0.4, -0.2) is 9.78 Å². The molecule has 2 aromatic rings. The highest BCUT2D eigenvalue weighted by molar-refractivity contribution is 5.33. The highest BCUT2D eigenvalue weighted by atomic mass is 15.3. The quantitative estimate of drug-likeness (QED) is 0.850. The number of aromatic nitrogens is 2. The molecular weight excluding hydrogens is 198 g/mol. The molecule has 82 valence electrons. The summed E-state index contributed by atoms with van der Waals surface area (Å²) in [6.45, 7) is 0. The van der Waals surface area contributed by atoms with Gasteiger partial charge in [-0.2, -0.15) is 5.10 Å². The zero-order chi connectivity index (χ0) is 11.0. The maximum Gasteiger partial charge on any atom is 0.0649 e. The van der Waals surface area contributed by atoms with Crippen LogP contribution < -0.4 is 5.73 Å². The lowest BCUT2D eigenvalue weighted by atomic mass is 10.1. The molecule has 0 saturated heterocycles. The Balaban J connectivity index is 1.99. The minimum Gasteiger partial charge on any atom is -0.322 e. The van der Waals surface area contributed by atoms with Gasteiger partial charge in [0.05, 0.1) is 11.4 Å². The lowest BCUT2D eigenvalue weighted by Gasteiger charge is -2.13. The molecule has 0 radical (unpaired) electrons. The van der Waals surface area contributed by atoms with Crippen molar-refractivity contribution in [2.45, 2.75) is 18.9 Å². The second-order valence-corrected chi connectivity index (χ2v) is 4.37. The van der Waals surface area contributed by atoms with E-state index in [0.29, 0.717) is 5.92 Å². The normalized spacial score (nSPS) is 17.3. The molecule has 0 bridgehead atoms. The molecule has 1 aliphatic rings. The Morgan fingerprint density at radius 1 is 1.19 bits per heavy atom. The standard InChI is InChI=1S/C13H15N3/c14-13(10-6-7-10)12-8-9-15-16(12)11-4-2-1-3-5-11/h1-5,8-10,13H,6-7,14H2. The molecule has 1 unspecified atom stereocenters. The highest BCUT2D eigenvalue weighted by Gasteiger charge is 2.31. The number of nitrogens with zero attached hydrogens (tertiary/aromatic N) is 2. The zero-order valence-electron chi connectivity index (χ0n) is 9.08. The van der Waals surface area contributed by atoms with Crippen LogP contribution in [0.1, 0.15) is 24.6 Å². The van der Waals surface area contributed by atoms with Gasteiger partial charge in [0, 0.05) is 12.2 Å². The van der Waals surface area contributed by atoms with Gasteiger partial charge in [0.1, 0.15) is 0 Å². The van der Waals surface area contributed by atoms with E-state index in [1.54, 1.807) is 0 Å². The lowest BCUT2D eigenvalue weighted by Crippen LogP contribution is -2.17. The van der Waals surface area contributed by atoms with Gasteiger partial charge < -0.3 is 5.73 Å². The van der Waals surface area contributed by atoms with Crippen molar-refractivity contribution < 1.29 is 0 Å². The summed E-state index contributed by atoms with van der Waals surface area (Å²) in [4.78, 5) is 0. The Morgan fingerprint density at radius 2 is 1.94 bits per heavy atom. The van der Waals surface area contributed by atoms with E-state index < -0.39 is 0 Å². The molecule has 1 fully saturated rings. The first kappa shape index (κ1) is 9.60. The van der Waals surface area contributed by atoms with E-state index in [1.165, 1.54) is 12.8 Å². The summed E-state index contributed by atoms with van der Waals surface area (Å²) in [7, 11) is 0. The van der Waals surface area contributed by atoms with Crippen LogP contribution >= 0.6 is 0 Å². The van der Waals surface area contributed by atoms with Crippen molar-refractivity contribution in [3.63, 3.8) is 0 Å². The first-order chi connectivity index (χ1) is 7.86. The fourth-order valence-electron chi connectivity index (χ4n) is 2.05. The zero-order valence-corrected chi connectivity index (χ0v) is 9.08. The van der Waals surface area contributed by atoms with Gasteiger partial charge in [-0.15, -0.1) is 0 Å². The van der Waals surface area contributed by atoms with Crippen molar-refractivity contribution in [3.8, 4) is 5.69 Å². The first-order valence-electron chi connectivity index (χ1n) is 5.71. The number of hydrogen-bond acceptors (Lipinski definition) is 2. The average Bonchev–Trinajstić information content (AvgIpc) is 3.06. The molecule has 16 heavy (non-hydrogen) atoms. The number of hydrogen-bond donors (Lipinski definition) is 1. The fourth-order valence-corrected chi connectivity index (χ4v) is 2.05. The van der Waals surface area contributed by atoms with Gasteiger partial charge >= 0.3 is 0 Å². The second kappa shape index (κ2) is 3.76. The smallest absolute Gasteiger partial charge is 0.0649 e. The summed E-state index contributed by atoms with van der Waals surface area (Å²) in [6.07, 6.45) is 4.33. The minimum atomic E-state index is 0.128. The maximum absolute atomic E-state index is 6.22. The summed E-state index contributed by atoms with van der Waals surface area (Å²) in [5, 5.41) is 4.35. The van der Waals surface area contributed by atoms with Crippen LogP contribution in [-0.2, 0) is 0 Å². The lowest BCUT2D eigenvalue weighted by molar-refractivity contribution is 0.589. The largest absolute Gasteiger partial charge is 0.322 e. The van der Waals surface area contributed by atoms with E-state index in [9.17, 15) is 0 Å². The van der Waals surface area contributed by atoms with E-state index in [-0.39, 0.29) is 6.04 Å². The summed E-state index contributed by atoms with van der Waals surface area (Å²) < 4.78 is 1.95. The summed E-state index contributed by atoms with van der Waals surface area (Å²) >= 11 is 0. The number of nitrogens with two attached hydrogens (primary N) is 1. The van der Waals surface area contributed by atoms with Crippen molar-refractivity contribution in [2.75, 3.05) is 0 Å². The molecular formula is C13H15N3. The molecule has 1 atom stereocenters. The summed E-state index contributed by atoms with van der Waals surface area (Å²) in [6, 6.07) is 12.3. The predicted molar refractivity (Wildman–Crippen MR) is 63.2 cm³/mol. The first-order valence-corrected chi connectivity index (χ1v) is 5.71. The van der Waals surface area contributed by atoms with E-state index in [4.69, 9.17) is 5.73 Å². The van der Waals surface area contributed by atoms with E-state index in [2.05, 4.69) is 17.2 Å². The SMILES string of the molecule is NC(c1ccnn1-c1ccccc1)C1CC1. The van der Waals surface area contributed by atoms with Gasteiger partial charge in [0.25, 0.3) is 0 Å². The molecule has 0 amide bonds. The van der Waals surface area contributed by atoms with Crippen LogP contribution in [0.2, 0.25) is 0 Å². The molecule has 1 aliphatic carbocycles. The van der Waals surface area contributed by atoms with Gasteiger partial charge in [0.15, 0.2) is 0 Å². The Kier molecular flexibility index (Phi) is 2.26. The topological polar surface area (TPSA) is 43.8 Å². The van der Waals surface area contributed by atoms with E-state index in [0.717, 1.165) is 11.4 Å². The van der Waals surface area contributed by atoms with Gasteiger partial charge in [-0.3, -0.25) is 0 Å². The molecule has 1 aromatic heterocycles. The monoisotopic (exact) mass is 213 g/mol. The molecule has 3 heteroatoms. The number of rotatable bonds is 3. The Hall–Kier alpha value is -1.61. The predicted octanol–water partition coefficient (Wildman–Crippen LogP) is 2.28. The van der Waals surface area contributed by atoms with Crippen LogP contribution in [0, 0.1) is 5.92 Å². The summed E-state index contributed by atoms with van der Waals surface area (Å²) in [5.41, 5.74) is 8.42. The van der Waals surface area contributed by atoms with Crippen molar-refractivity contribution in [3.05, 3.63) is 48.3 Å². The third kappa shape index (κ3) is 1.63. The Bertz CT molecular complexity index is 471. The second-order valence-electron chi connectivity index (χ2n) is 4.37. The fraction of sp³-hybridized carbons (Fsp3) is 0.308. The molecule has 2 N–H and O–H groups in total. The van der Waals surface area contributed by atoms with Crippen molar-refractivity contribution in [2.24, 2.45) is 11.7 Å². The minimum absolute atomic E-state index is 0.128. The Labute approximate surface area is 94.9 Å². The van der Waals surface area contributed by atoms with Crippen LogP contribution in [0.25, 0.3) is 5.69 Å². The van der Waals surface area contributed by atoms with E-state index >= 15 is 0 Å². The molecule has 1 aromatic carbocycles. The molecule has 1 heterocycles. The van der Waals surface area contributed by atoms with Crippen LogP contribution in [0.4, 0.5) is 0 Å². The highest BCUT2D eigenvalue weighted by Crippen LogP contribution is 2.39. The summed E-state index contributed by atoms with van der Waals surface area (Å²) in [5.74, 6) is 0.652. The van der Waals surface area contributed by atoms with Crippen molar-refractivity contribution in [1.82, 2.24) is 9.78 Å². The van der Waals surface area contributed by atoms with Gasteiger partial charge in [0.2, 0.25) is 0 Å². The van der Waals surface area contributed by atoms with Gasteiger partial charge in [-0.1, -0.05) is 18.2 Å². The Morgan fingerprint density at radius 3 is 2.62 bits per heavy atom. The third-order valence-electron chi connectivity index (χ3n) is 3.14. The molecule has 0 aliphatic heterocycles. The van der Waals surface area contributed by atoms with Gasteiger partial charge in [-0.25, -0.2) is 4.68 Å². The molecule has 3 rings (SSSR count). The number of para-hydroxylation sites is 1. The van der Waals surface area contributed by atoms with E-state index in [1.807, 2.05) is 35.1 Å². The van der Waals surface area contributed by atoms with Crippen molar-refractivity contribution in [1.29, 1.82) is 0 Å². The van der Waals surface area contributed by atoms with Gasteiger partial charge in [-0.05, 0) is 37.0 Å². The van der Waals surface area contributed by atoms with Crippen LogP contribution in [0.5, 0.6) is 0 Å². The average molecular weight is 213 g/mol. The maximum atomic E-state index is 6.22. The molecule has 3 nitrogen and oxygen atoms in total. The molecule has 0 spiro atoms. The molecule has 1 saturated carbocycles. The van der Waals surface area contributed by atoms with Crippen molar-refractivity contribution >= 4 is 0 Å². The third-order valence-corrected chi connectivity index (χ3v) is 3.14. The van der Waals surface area contributed by atoms with Crippen LogP contribution in [0.15, 0.2) is 42.6 Å². The van der Waals surface area contributed by atoms with Crippen LogP contribution in [0.3, 0.4) is 0 Å². The number of benzene rings is 1.